The van der Waals surface area contributed by atoms with Gasteiger partial charge in [0.15, 0.2) is 0 Å². The predicted molar refractivity (Wildman–Crippen MR) is 83.0 cm³/mol. The van der Waals surface area contributed by atoms with E-state index in [4.69, 9.17) is 5.73 Å². The average molecular weight is 292 g/mol. The van der Waals surface area contributed by atoms with Gasteiger partial charge >= 0.3 is 0 Å². The molecule has 0 fully saturated rings. The van der Waals surface area contributed by atoms with Crippen LogP contribution >= 0.6 is 0 Å². The average Bonchev–Trinajstić information content (AvgIpc) is 2.37. The summed E-state index contributed by atoms with van der Waals surface area (Å²) in [5.74, 6) is -0.268. The number of pyridine rings is 1. The number of nitrogens with one attached hydrogen (secondary N) is 2. The van der Waals surface area contributed by atoms with Crippen LogP contribution in [0.3, 0.4) is 0 Å². The molecular formula is C15H24N4O2. The molecule has 1 unspecified atom stereocenters. The number of aromatic nitrogens is 1. The summed E-state index contributed by atoms with van der Waals surface area (Å²) < 4.78 is 0. The van der Waals surface area contributed by atoms with Gasteiger partial charge in [-0.1, -0.05) is 20.8 Å². The van der Waals surface area contributed by atoms with Gasteiger partial charge in [0.2, 0.25) is 5.91 Å². The summed E-state index contributed by atoms with van der Waals surface area (Å²) in [6.45, 7) is 9.97. The summed E-state index contributed by atoms with van der Waals surface area (Å²) in [5, 5.41) is 5.31. The van der Waals surface area contributed by atoms with E-state index in [0.29, 0.717) is 17.9 Å². The van der Waals surface area contributed by atoms with Crippen molar-refractivity contribution in [3.8, 4) is 0 Å². The van der Waals surface area contributed by atoms with Gasteiger partial charge in [0, 0.05) is 23.2 Å². The Kier molecular flexibility index (Phi) is 5.29. The first-order valence-electron chi connectivity index (χ1n) is 7.01. The normalized spacial score (nSPS) is 12.6. The lowest BCUT2D eigenvalue weighted by atomic mass is 9.90. The molecule has 2 amide bonds. The van der Waals surface area contributed by atoms with Crippen LogP contribution in [0.5, 0.6) is 0 Å². The molecule has 0 aliphatic heterocycles. The monoisotopic (exact) mass is 292 g/mol. The van der Waals surface area contributed by atoms with Gasteiger partial charge in [-0.25, -0.2) is 4.98 Å². The molecule has 0 saturated carbocycles. The lowest BCUT2D eigenvalue weighted by molar-refractivity contribution is -0.122. The van der Waals surface area contributed by atoms with E-state index >= 15 is 0 Å². The summed E-state index contributed by atoms with van der Waals surface area (Å²) >= 11 is 0. The van der Waals surface area contributed by atoms with Crippen molar-refractivity contribution >= 4 is 17.6 Å². The second-order valence-electron chi connectivity index (χ2n) is 6.01. The minimum absolute atomic E-state index is 0.213. The zero-order chi connectivity index (χ0) is 16.2. The molecule has 1 aromatic heterocycles. The lowest BCUT2D eigenvalue weighted by Gasteiger charge is -2.19. The zero-order valence-corrected chi connectivity index (χ0v) is 13.3. The molecule has 0 saturated heterocycles. The Morgan fingerprint density at radius 3 is 2.48 bits per heavy atom. The van der Waals surface area contributed by atoms with Crippen LogP contribution in [0.25, 0.3) is 0 Å². The maximum absolute atomic E-state index is 12.2. The van der Waals surface area contributed by atoms with Gasteiger partial charge < -0.3 is 16.4 Å². The van der Waals surface area contributed by atoms with Gasteiger partial charge in [-0.2, -0.15) is 0 Å². The summed E-state index contributed by atoms with van der Waals surface area (Å²) in [4.78, 5) is 28.1. The standard InChI is InChI=1S/C15H24N4O2/c1-6-17-13(20)9(2)18-14(21)10-7-11(15(3,4)5)19-12(16)8-10/h7-9H,6H2,1-5H3,(H2,16,19)(H,17,20)(H,18,21). The van der Waals surface area contributed by atoms with Crippen molar-refractivity contribution in [3.63, 3.8) is 0 Å². The summed E-state index contributed by atoms with van der Waals surface area (Å²) in [7, 11) is 0. The first kappa shape index (κ1) is 16.9. The number of rotatable bonds is 4. The fourth-order valence-corrected chi connectivity index (χ4v) is 1.74. The number of likely N-dealkylation sites (N-methyl/N-ethyl adjacent to an activating group) is 1. The summed E-state index contributed by atoms with van der Waals surface area (Å²) in [6.07, 6.45) is 0. The molecule has 0 spiro atoms. The first-order chi connectivity index (χ1) is 9.65. The third-order valence-corrected chi connectivity index (χ3v) is 2.97. The fraction of sp³-hybridized carbons (Fsp3) is 0.533. The smallest absolute Gasteiger partial charge is 0.252 e. The van der Waals surface area contributed by atoms with Gasteiger partial charge in [-0.3, -0.25) is 9.59 Å². The predicted octanol–water partition coefficient (Wildman–Crippen LogP) is 1.22. The summed E-state index contributed by atoms with van der Waals surface area (Å²) in [5.41, 5.74) is 6.69. The van der Waals surface area contributed by atoms with Crippen molar-refractivity contribution < 1.29 is 9.59 Å². The van der Waals surface area contributed by atoms with Crippen molar-refractivity contribution in [3.05, 3.63) is 23.4 Å². The number of nitrogens with zero attached hydrogens (tertiary/aromatic N) is 1. The van der Waals surface area contributed by atoms with E-state index < -0.39 is 6.04 Å². The Balaban J connectivity index is 2.93. The van der Waals surface area contributed by atoms with Gasteiger partial charge in [-0.15, -0.1) is 0 Å². The van der Waals surface area contributed by atoms with Gasteiger partial charge in [0.05, 0.1) is 0 Å². The highest BCUT2D eigenvalue weighted by Gasteiger charge is 2.20. The Bertz CT molecular complexity index is 535. The van der Waals surface area contributed by atoms with Crippen LogP contribution in [-0.4, -0.2) is 29.4 Å². The Hall–Kier alpha value is -2.11. The molecule has 0 aliphatic rings. The molecule has 6 nitrogen and oxygen atoms in total. The van der Waals surface area contributed by atoms with Crippen molar-refractivity contribution in [2.75, 3.05) is 12.3 Å². The second kappa shape index (κ2) is 6.56. The van der Waals surface area contributed by atoms with Gasteiger partial charge in [-0.05, 0) is 26.0 Å². The van der Waals surface area contributed by atoms with Crippen molar-refractivity contribution in [2.45, 2.75) is 46.1 Å². The molecule has 0 radical (unpaired) electrons. The highest BCUT2D eigenvalue weighted by molar-refractivity contribution is 5.98. The van der Waals surface area contributed by atoms with Crippen molar-refractivity contribution in [2.24, 2.45) is 0 Å². The Morgan fingerprint density at radius 1 is 1.33 bits per heavy atom. The molecule has 6 heteroatoms. The van der Waals surface area contributed by atoms with E-state index in [1.54, 1.807) is 13.0 Å². The SMILES string of the molecule is CCNC(=O)C(C)NC(=O)c1cc(N)nc(C(C)(C)C)c1. The molecule has 1 aromatic rings. The zero-order valence-electron chi connectivity index (χ0n) is 13.3. The van der Waals surface area contributed by atoms with Crippen molar-refractivity contribution in [1.82, 2.24) is 15.6 Å². The number of amides is 2. The van der Waals surface area contributed by atoms with Gasteiger partial charge in [0.25, 0.3) is 5.91 Å². The number of anilines is 1. The summed E-state index contributed by atoms with van der Waals surface area (Å²) in [6, 6.07) is 2.61. The maximum atomic E-state index is 12.2. The quantitative estimate of drug-likeness (QED) is 0.777. The molecule has 0 bridgehead atoms. The lowest BCUT2D eigenvalue weighted by Crippen LogP contribution is -2.44. The number of carbonyl (C=O) groups excluding carboxylic acids is 2. The number of hydrogen-bond donors (Lipinski definition) is 3. The van der Waals surface area contributed by atoms with E-state index in [9.17, 15) is 9.59 Å². The molecule has 1 rings (SSSR count). The number of carbonyl (C=O) groups is 2. The molecule has 1 atom stereocenters. The third kappa shape index (κ3) is 4.73. The first-order valence-corrected chi connectivity index (χ1v) is 7.01. The fourth-order valence-electron chi connectivity index (χ4n) is 1.74. The van der Waals surface area contributed by atoms with Crippen molar-refractivity contribution in [1.29, 1.82) is 0 Å². The van der Waals surface area contributed by atoms with E-state index in [1.807, 2.05) is 27.7 Å². The van der Waals surface area contributed by atoms with Crippen LogP contribution in [0.15, 0.2) is 12.1 Å². The van der Waals surface area contributed by atoms with Crippen LogP contribution in [0.4, 0.5) is 5.82 Å². The molecular weight excluding hydrogens is 268 g/mol. The number of nitrogen functional groups attached to an aromatic ring is 1. The molecule has 116 valence electrons. The molecule has 4 N–H and O–H groups in total. The molecule has 21 heavy (non-hydrogen) atoms. The van der Waals surface area contributed by atoms with Crippen LogP contribution in [0, 0.1) is 0 Å². The van der Waals surface area contributed by atoms with Crippen LogP contribution in [0.2, 0.25) is 0 Å². The minimum Gasteiger partial charge on any atom is -0.384 e. The largest absolute Gasteiger partial charge is 0.384 e. The number of nitrogens with two attached hydrogens (primary N) is 1. The minimum atomic E-state index is -0.607. The third-order valence-electron chi connectivity index (χ3n) is 2.97. The maximum Gasteiger partial charge on any atom is 0.252 e. The van der Waals surface area contributed by atoms with Crippen LogP contribution in [0.1, 0.15) is 50.7 Å². The van der Waals surface area contributed by atoms with Gasteiger partial charge in [0.1, 0.15) is 11.9 Å². The molecule has 0 aromatic carbocycles. The second-order valence-corrected chi connectivity index (χ2v) is 6.01. The highest BCUT2D eigenvalue weighted by atomic mass is 16.2. The van der Waals surface area contributed by atoms with E-state index in [1.165, 1.54) is 6.07 Å². The van der Waals surface area contributed by atoms with Crippen LogP contribution < -0.4 is 16.4 Å². The Labute approximate surface area is 125 Å². The van der Waals surface area contributed by atoms with E-state index in [-0.39, 0.29) is 17.2 Å². The van der Waals surface area contributed by atoms with E-state index in [2.05, 4.69) is 15.6 Å². The Morgan fingerprint density at radius 2 is 1.95 bits per heavy atom. The van der Waals surface area contributed by atoms with E-state index in [0.717, 1.165) is 5.69 Å². The topological polar surface area (TPSA) is 97.1 Å². The molecule has 1 heterocycles. The number of hydrogen-bond acceptors (Lipinski definition) is 4. The highest BCUT2D eigenvalue weighted by Crippen LogP contribution is 2.22. The van der Waals surface area contributed by atoms with Crippen LogP contribution in [-0.2, 0) is 10.2 Å². The molecule has 0 aliphatic carbocycles.